The number of nitrogens with zero attached hydrogens (tertiary/aromatic N) is 1. The summed E-state index contributed by atoms with van der Waals surface area (Å²) in [5.74, 6) is 0.380. The van der Waals surface area contributed by atoms with Crippen LogP contribution < -0.4 is 11.1 Å². The Hall–Kier alpha value is -1.62. The number of nitrogens with two attached hydrogens (primary N) is 1. The fourth-order valence-corrected chi connectivity index (χ4v) is 2.21. The Kier molecular flexibility index (Phi) is 4.37. The quantitative estimate of drug-likeness (QED) is 0.898. The molecule has 0 fully saturated rings. The van der Waals surface area contributed by atoms with Crippen LogP contribution in [0.4, 0.5) is 5.69 Å². The Balaban J connectivity index is 2.35. The molecule has 3 N–H and O–H groups in total. The van der Waals surface area contributed by atoms with E-state index in [1.807, 2.05) is 31.2 Å². The van der Waals surface area contributed by atoms with Crippen molar-refractivity contribution in [2.75, 3.05) is 6.54 Å². The number of hydrogen-bond donors (Lipinski definition) is 2. The minimum Gasteiger partial charge on any atom is -0.387 e. The molecule has 1 aromatic carbocycles. The largest absolute Gasteiger partial charge is 0.387 e. The van der Waals surface area contributed by atoms with E-state index in [4.69, 9.17) is 5.73 Å². The van der Waals surface area contributed by atoms with Crippen LogP contribution in [0.1, 0.15) is 25.3 Å². The number of carbonyl (C=O) groups excluding carboxylic acids is 1. The summed E-state index contributed by atoms with van der Waals surface area (Å²) in [6.45, 7) is 2.69. The number of amidine groups is 1. The molecular formula is C14H16BrN3O. The minimum absolute atomic E-state index is 0.0734. The lowest BCUT2D eigenvalue weighted by Gasteiger charge is -2.06. The van der Waals surface area contributed by atoms with E-state index in [1.165, 1.54) is 0 Å². The molecule has 0 unspecified atom stereocenters. The van der Waals surface area contributed by atoms with Gasteiger partial charge < -0.3 is 11.1 Å². The van der Waals surface area contributed by atoms with Gasteiger partial charge in [0.2, 0.25) is 5.91 Å². The fraction of sp³-hybridized carbons (Fsp3) is 0.286. The summed E-state index contributed by atoms with van der Waals surface area (Å²) in [6, 6.07) is 5.74. The maximum Gasteiger partial charge on any atom is 0.247 e. The van der Waals surface area contributed by atoms with Crippen molar-refractivity contribution in [3.63, 3.8) is 0 Å². The predicted molar refractivity (Wildman–Crippen MR) is 81.3 cm³/mol. The van der Waals surface area contributed by atoms with Crippen LogP contribution in [0.5, 0.6) is 0 Å². The van der Waals surface area contributed by atoms with E-state index >= 15 is 0 Å². The second-order valence-corrected chi connectivity index (χ2v) is 5.32. The fourth-order valence-electron chi connectivity index (χ4n) is 1.86. The minimum atomic E-state index is -0.0734. The topological polar surface area (TPSA) is 67.5 Å². The molecule has 4 nitrogen and oxygen atoms in total. The summed E-state index contributed by atoms with van der Waals surface area (Å²) in [6.07, 6.45) is 3.14. The first kappa shape index (κ1) is 13.8. The first-order valence-electron chi connectivity index (χ1n) is 6.21. The SMILES string of the molecule is CCCNC(=O)C1=Cc2ccc(Br)cc2N=C(N)C1. The molecule has 1 aliphatic heterocycles. The number of benzene rings is 1. The molecule has 0 aromatic heterocycles. The predicted octanol–water partition coefficient (Wildman–Crippen LogP) is 2.75. The van der Waals surface area contributed by atoms with Crippen LogP contribution in [0.15, 0.2) is 33.2 Å². The first-order chi connectivity index (χ1) is 9.10. The molecule has 0 bridgehead atoms. The monoisotopic (exact) mass is 321 g/mol. The van der Waals surface area contributed by atoms with E-state index in [9.17, 15) is 4.79 Å². The lowest BCUT2D eigenvalue weighted by Crippen LogP contribution is -2.27. The van der Waals surface area contributed by atoms with Gasteiger partial charge in [-0.2, -0.15) is 0 Å². The maximum absolute atomic E-state index is 12.0. The van der Waals surface area contributed by atoms with Gasteiger partial charge in [0.15, 0.2) is 0 Å². The lowest BCUT2D eigenvalue weighted by molar-refractivity contribution is -0.117. The highest BCUT2D eigenvalue weighted by molar-refractivity contribution is 9.10. The van der Waals surface area contributed by atoms with Gasteiger partial charge in [0.1, 0.15) is 5.84 Å². The summed E-state index contributed by atoms with van der Waals surface area (Å²) in [7, 11) is 0. The van der Waals surface area contributed by atoms with Crippen LogP contribution in [0.2, 0.25) is 0 Å². The van der Waals surface area contributed by atoms with E-state index in [0.29, 0.717) is 24.4 Å². The van der Waals surface area contributed by atoms with E-state index in [-0.39, 0.29) is 5.91 Å². The second kappa shape index (κ2) is 6.02. The molecule has 0 spiro atoms. The van der Waals surface area contributed by atoms with Crippen LogP contribution in [-0.2, 0) is 4.79 Å². The van der Waals surface area contributed by atoms with E-state index in [2.05, 4.69) is 26.2 Å². The number of aliphatic imine (C=N–C) groups is 1. The molecule has 5 heteroatoms. The molecule has 0 atom stereocenters. The average molecular weight is 322 g/mol. The van der Waals surface area contributed by atoms with Gasteiger partial charge in [-0.3, -0.25) is 4.79 Å². The number of rotatable bonds is 3. The van der Waals surface area contributed by atoms with Crippen molar-refractivity contribution in [2.24, 2.45) is 10.7 Å². The van der Waals surface area contributed by atoms with Crippen molar-refractivity contribution in [1.82, 2.24) is 5.32 Å². The van der Waals surface area contributed by atoms with Crippen molar-refractivity contribution < 1.29 is 4.79 Å². The molecule has 100 valence electrons. The summed E-state index contributed by atoms with van der Waals surface area (Å²) in [5.41, 5.74) is 8.21. The number of carbonyl (C=O) groups is 1. The van der Waals surface area contributed by atoms with Gasteiger partial charge in [0.25, 0.3) is 0 Å². The molecule has 1 aliphatic rings. The van der Waals surface area contributed by atoms with Crippen LogP contribution >= 0.6 is 15.9 Å². The van der Waals surface area contributed by atoms with Crippen LogP contribution in [0.3, 0.4) is 0 Å². The van der Waals surface area contributed by atoms with Crippen LogP contribution in [0.25, 0.3) is 6.08 Å². The Morgan fingerprint density at radius 1 is 1.53 bits per heavy atom. The Morgan fingerprint density at radius 2 is 2.32 bits per heavy atom. The van der Waals surface area contributed by atoms with Gasteiger partial charge in [-0.15, -0.1) is 0 Å². The number of halogens is 1. The van der Waals surface area contributed by atoms with Gasteiger partial charge in [-0.1, -0.05) is 28.9 Å². The average Bonchev–Trinajstić information content (AvgIpc) is 2.53. The second-order valence-electron chi connectivity index (χ2n) is 4.41. The number of fused-ring (bicyclic) bond motifs is 1. The van der Waals surface area contributed by atoms with Crippen LogP contribution in [-0.4, -0.2) is 18.3 Å². The molecule has 0 saturated carbocycles. The van der Waals surface area contributed by atoms with Crippen molar-refractivity contribution in [3.8, 4) is 0 Å². The molecule has 0 aliphatic carbocycles. The van der Waals surface area contributed by atoms with Gasteiger partial charge in [-0.25, -0.2) is 4.99 Å². The van der Waals surface area contributed by atoms with Crippen molar-refractivity contribution in [2.45, 2.75) is 19.8 Å². The molecule has 0 saturated heterocycles. The highest BCUT2D eigenvalue weighted by Crippen LogP contribution is 2.29. The number of nitrogens with one attached hydrogen (secondary N) is 1. The zero-order valence-corrected chi connectivity index (χ0v) is 12.3. The van der Waals surface area contributed by atoms with Crippen LogP contribution in [0, 0.1) is 0 Å². The molecule has 0 radical (unpaired) electrons. The molecule has 2 rings (SSSR count). The maximum atomic E-state index is 12.0. The lowest BCUT2D eigenvalue weighted by atomic mass is 10.1. The smallest absolute Gasteiger partial charge is 0.247 e. The normalized spacial score (nSPS) is 14.0. The van der Waals surface area contributed by atoms with Crippen molar-refractivity contribution in [1.29, 1.82) is 0 Å². The highest BCUT2D eigenvalue weighted by Gasteiger charge is 2.15. The third kappa shape index (κ3) is 3.44. The van der Waals surface area contributed by atoms with Gasteiger partial charge in [0, 0.05) is 28.6 Å². The Morgan fingerprint density at radius 3 is 3.05 bits per heavy atom. The zero-order valence-electron chi connectivity index (χ0n) is 10.7. The van der Waals surface area contributed by atoms with Crippen molar-refractivity contribution >= 4 is 39.4 Å². The zero-order chi connectivity index (χ0) is 13.8. The summed E-state index contributed by atoms with van der Waals surface area (Å²) in [5, 5.41) is 2.87. The summed E-state index contributed by atoms with van der Waals surface area (Å²) < 4.78 is 0.940. The summed E-state index contributed by atoms with van der Waals surface area (Å²) in [4.78, 5) is 16.4. The van der Waals surface area contributed by atoms with E-state index < -0.39 is 0 Å². The Labute approximate surface area is 120 Å². The molecule has 1 aromatic rings. The third-order valence-corrected chi connectivity index (χ3v) is 3.28. The highest BCUT2D eigenvalue weighted by atomic mass is 79.9. The standard InChI is InChI=1S/C14H16BrN3O/c1-2-5-17-14(19)10-6-9-3-4-11(15)8-12(9)18-13(16)7-10/h3-4,6,8H,2,5,7H2,1H3,(H2,16,18)(H,17,19). The van der Waals surface area contributed by atoms with Gasteiger partial charge in [-0.05, 0) is 24.6 Å². The van der Waals surface area contributed by atoms with E-state index in [1.54, 1.807) is 0 Å². The Bertz CT molecular complexity index is 564. The van der Waals surface area contributed by atoms with E-state index in [0.717, 1.165) is 22.1 Å². The van der Waals surface area contributed by atoms with Crippen molar-refractivity contribution in [3.05, 3.63) is 33.8 Å². The number of amides is 1. The van der Waals surface area contributed by atoms with Gasteiger partial charge in [0.05, 0.1) is 5.69 Å². The first-order valence-corrected chi connectivity index (χ1v) is 7.01. The molecule has 19 heavy (non-hydrogen) atoms. The van der Waals surface area contributed by atoms with Gasteiger partial charge >= 0.3 is 0 Å². The third-order valence-electron chi connectivity index (χ3n) is 2.79. The summed E-state index contributed by atoms with van der Waals surface area (Å²) >= 11 is 3.40. The number of hydrogen-bond acceptors (Lipinski definition) is 3. The molecule has 1 heterocycles. The molecular weight excluding hydrogens is 306 g/mol. The molecule has 1 amide bonds.